The minimum absolute atomic E-state index is 0.0486. The quantitative estimate of drug-likeness (QED) is 0.915. The predicted molar refractivity (Wildman–Crippen MR) is 63.6 cm³/mol. The van der Waals surface area contributed by atoms with E-state index in [0.717, 1.165) is 12.8 Å². The van der Waals surface area contributed by atoms with E-state index in [1.165, 1.54) is 11.1 Å². The number of rotatable bonds is 4. The third-order valence-electron chi connectivity index (χ3n) is 2.52. The average Bonchev–Trinajstić information content (AvgIpc) is 3.09. The number of carboxylic acids is 1. The minimum atomic E-state index is -1.00. The molecular formula is C11H11BrN2O3. The number of pyridine rings is 1. The summed E-state index contributed by atoms with van der Waals surface area (Å²) in [5.41, 5.74) is 0.264. The fourth-order valence-electron chi connectivity index (χ4n) is 1.58. The number of halogens is 1. The number of amides is 1. The summed E-state index contributed by atoms with van der Waals surface area (Å²) in [6.45, 7) is -0.271. The third-order valence-corrected chi connectivity index (χ3v) is 3.16. The maximum Gasteiger partial charge on any atom is 0.323 e. The maximum absolute atomic E-state index is 12.2. The van der Waals surface area contributed by atoms with Crippen molar-refractivity contribution < 1.29 is 14.7 Å². The van der Waals surface area contributed by atoms with Crippen LogP contribution < -0.4 is 0 Å². The fraction of sp³-hybridized carbons (Fsp3) is 0.364. The molecule has 1 saturated carbocycles. The molecule has 6 heteroatoms. The zero-order chi connectivity index (χ0) is 12.4. The highest BCUT2D eigenvalue weighted by Gasteiger charge is 2.35. The first-order valence-corrected chi connectivity index (χ1v) is 6.02. The van der Waals surface area contributed by atoms with Gasteiger partial charge >= 0.3 is 5.97 Å². The lowest BCUT2D eigenvalue weighted by Gasteiger charge is -2.20. The molecule has 90 valence electrons. The van der Waals surface area contributed by atoms with E-state index in [-0.39, 0.29) is 24.2 Å². The molecule has 0 spiro atoms. The molecule has 0 bridgehead atoms. The van der Waals surface area contributed by atoms with Crippen LogP contribution in [-0.2, 0) is 4.79 Å². The molecule has 1 aliphatic carbocycles. The molecule has 0 unspecified atom stereocenters. The third kappa shape index (κ3) is 2.82. The second-order valence-electron chi connectivity index (χ2n) is 3.89. The zero-order valence-corrected chi connectivity index (χ0v) is 10.6. The number of aliphatic carboxylic acids is 1. The molecule has 1 aromatic rings. The van der Waals surface area contributed by atoms with Crippen LogP contribution in [0.4, 0.5) is 0 Å². The van der Waals surface area contributed by atoms with E-state index in [1.807, 2.05) is 0 Å². The highest BCUT2D eigenvalue weighted by Crippen LogP contribution is 2.28. The van der Waals surface area contributed by atoms with Gasteiger partial charge in [0.15, 0.2) is 0 Å². The Bertz CT molecular complexity index is 460. The van der Waals surface area contributed by atoms with Gasteiger partial charge in [-0.25, -0.2) is 4.98 Å². The number of carbonyl (C=O) groups is 2. The van der Waals surface area contributed by atoms with E-state index in [9.17, 15) is 9.59 Å². The maximum atomic E-state index is 12.2. The van der Waals surface area contributed by atoms with Crippen molar-refractivity contribution in [3.63, 3.8) is 0 Å². The Morgan fingerprint density at radius 1 is 1.53 bits per heavy atom. The summed E-state index contributed by atoms with van der Waals surface area (Å²) in [6.07, 6.45) is 3.25. The van der Waals surface area contributed by atoms with Gasteiger partial charge in [-0.05, 0) is 40.9 Å². The topological polar surface area (TPSA) is 70.5 Å². The van der Waals surface area contributed by atoms with Crippen molar-refractivity contribution in [1.82, 2.24) is 9.88 Å². The summed E-state index contributed by atoms with van der Waals surface area (Å²) in [5, 5.41) is 8.80. The number of carbonyl (C=O) groups excluding carboxylic acids is 1. The smallest absolute Gasteiger partial charge is 0.323 e. The van der Waals surface area contributed by atoms with Crippen LogP contribution in [0.15, 0.2) is 22.8 Å². The van der Waals surface area contributed by atoms with Crippen LogP contribution in [0.25, 0.3) is 0 Å². The molecule has 0 aromatic carbocycles. The summed E-state index contributed by atoms with van der Waals surface area (Å²) in [5.74, 6) is -1.33. The van der Waals surface area contributed by atoms with Gasteiger partial charge in [-0.15, -0.1) is 0 Å². The first-order chi connectivity index (χ1) is 8.09. The Hall–Kier alpha value is -1.43. The van der Waals surface area contributed by atoms with Gasteiger partial charge in [0.25, 0.3) is 5.91 Å². The van der Waals surface area contributed by atoms with Crippen LogP contribution >= 0.6 is 15.9 Å². The van der Waals surface area contributed by atoms with Crippen molar-refractivity contribution in [1.29, 1.82) is 0 Å². The van der Waals surface area contributed by atoms with Crippen molar-refractivity contribution in [2.45, 2.75) is 18.9 Å². The summed E-state index contributed by atoms with van der Waals surface area (Å²) in [4.78, 5) is 28.2. The van der Waals surface area contributed by atoms with Crippen LogP contribution in [0.1, 0.15) is 23.3 Å². The Kier molecular flexibility index (Phi) is 3.42. The van der Waals surface area contributed by atoms with Gasteiger partial charge in [0.05, 0.1) is 0 Å². The van der Waals surface area contributed by atoms with Crippen molar-refractivity contribution in [2.75, 3.05) is 6.54 Å². The number of nitrogens with zero attached hydrogens (tertiary/aromatic N) is 2. The van der Waals surface area contributed by atoms with Crippen molar-refractivity contribution >= 4 is 27.8 Å². The predicted octanol–water partition coefficient (Wildman–Crippen LogP) is 1.53. The number of hydrogen-bond donors (Lipinski definition) is 1. The Morgan fingerprint density at radius 3 is 2.76 bits per heavy atom. The average molecular weight is 299 g/mol. The lowest BCUT2D eigenvalue weighted by molar-refractivity contribution is -0.137. The van der Waals surface area contributed by atoms with Crippen molar-refractivity contribution in [3.8, 4) is 0 Å². The minimum Gasteiger partial charge on any atom is -0.480 e. The van der Waals surface area contributed by atoms with E-state index in [4.69, 9.17) is 5.11 Å². The van der Waals surface area contributed by atoms with Crippen molar-refractivity contribution in [3.05, 3.63) is 28.5 Å². The molecule has 1 fully saturated rings. The van der Waals surface area contributed by atoms with Crippen LogP contribution in [-0.4, -0.2) is 39.5 Å². The molecule has 0 aliphatic heterocycles. The number of carboxylic acid groups (broad SMARTS) is 1. The molecular weight excluding hydrogens is 288 g/mol. The molecule has 17 heavy (non-hydrogen) atoms. The lowest BCUT2D eigenvalue weighted by atomic mass is 10.3. The summed E-state index contributed by atoms with van der Waals surface area (Å²) in [7, 11) is 0. The first kappa shape index (κ1) is 12.0. The second-order valence-corrected chi connectivity index (χ2v) is 4.75. The summed E-state index contributed by atoms with van der Waals surface area (Å²) in [6, 6.07) is 3.47. The second kappa shape index (κ2) is 4.83. The van der Waals surface area contributed by atoms with Gasteiger partial charge < -0.3 is 10.0 Å². The SMILES string of the molecule is O=C(O)CN(C(=O)c1ncccc1Br)C1CC1. The number of aromatic nitrogens is 1. The molecule has 1 aliphatic rings. The van der Waals surface area contributed by atoms with Crippen LogP contribution in [0.2, 0.25) is 0 Å². The first-order valence-electron chi connectivity index (χ1n) is 5.23. The van der Waals surface area contributed by atoms with Crippen LogP contribution in [0, 0.1) is 0 Å². The van der Waals surface area contributed by atoms with E-state index >= 15 is 0 Å². The van der Waals surface area contributed by atoms with E-state index in [1.54, 1.807) is 12.1 Å². The van der Waals surface area contributed by atoms with Gasteiger partial charge in [-0.3, -0.25) is 9.59 Å². The highest BCUT2D eigenvalue weighted by atomic mass is 79.9. The molecule has 0 atom stereocenters. The highest BCUT2D eigenvalue weighted by molar-refractivity contribution is 9.10. The fourth-order valence-corrected chi connectivity index (χ4v) is 2.00. The van der Waals surface area contributed by atoms with Crippen LogP contribution in [0.5, 0.6) is 0 Å². The Labute approximate surface area is 107 Å². The Balaban J connectivity index is 2.22. The van der Waals surface area contributed by atoms with Gasteiger partial charge in [0.1, 0.15) is 12.2 Å². The molecule has 1 aromatic heterocycles. The largest absolute Gasteiger partial charge is 0.480 e. The Morgan fingerprint density at radius 2 is 2.24 bits per heavy atom. The molecule has 0 saturated heterocycles. The monoisotopic (exact) mass is 298 g/mol. The summed E-state index contributed by atoms with van der Waals surface area (Å²) < 4.78 is 0.584. The van der Waals surface area contributed by atoms with Crippen LogP contribution in [0.3, 0.4) is 0 Å². The summed E-state index contributed by atoms with van der Waals surface area (Å²) >= 11 is 3.24. The lowest BCUT2D eigenvalue weighted by Crippen LogP contribution is -2.38. The molecule has 1 heterocycles. The van der Waals surface area contributed by atoms with Gasteiger partial charge in [0, 0.05) is 16.7 Å². The molecule has 1 amide bonds. The normalized spacial score (nSPS) is 14.4. The van der Waals surface area contributed by atoms with E-state index < -0.39 is 5.97 Å². The van der Waals surface area contributed by atoms with Gasteiger partial charge in [-0.2, -0.15) is 0 Å². The molecule has 0 radical (unpaired) electrons. The molecule has 1 N–H and O–H groups in total. The van der Waals surface area contributed by atoms with Gasteiger partial charge in [0.2, 0.25) is 0 Å². The van der Waals surface area contributed by atoms with Gasteiger partial charge in [-0.1, -0.05) is 0 Å². The van der Waals surface area contributed by atoms with E-state index in [0.29, 0.717) is 4.47 Å². The standard InChI is InChI=1S/C11H11BrN2O3/c12-8-2-1-5-13-10(8)11(17)14(6-9(15)16)7-3-4-7/h1-2,5,7H,3-4,6H2,(H,15,16). The molecule has 5 nitrogen and oxygen atoms in total. The van der Waals surface area contributed by atoms with Crippen molar-refractivity contribution in [2.24, 2.45) is 0 Å². The number of hydrogen-bond acceptors (Lipinski definition) is 3. The zero-order valence-electron chi connectivity index (χ0n) is 8.97. The van der Waals surface area contributed by atoms with E-state index in [2.05, 4.69) is 20.9 Å². The molecule has 2 rings (SSSR count).